The minimum Gasteiger partial charge on any atom is -0.487 e. The minimum atomic E-state index is -0.756. The standard InChI is InChI=1S/C25H32N2O5S/c1-16-10-12-33-22(16)21(13-17(2)19-9-7-8-11-26-19)31-18-14-20(23(28)30-6)27(15-18)24(29)32-25(3,4)5/h7-13,17-18,20H,14-15H2,1-6H3/b21-13+/t17?,18-,20?/m1/s1. The largest absolute Gasteiger partial charge is 0.487 e. The second-order valence-electron chi connectivity index (χ2n) is 9.15. The average molecular weight is 473 g/mol. The van der Waals surface area contributed by atoms with Gasteiger partial charge in [0.1, 0.15) is 23.5 Å². The topological polar surface area (TPSA) is 78.0 Å². The first kappa shape index (κ1) is 24.8. The van der Waals surface area contributed by atoms with Crippen molar-refractivity contribution in [3.63, 3.8) is 0 Å². The Balaban J connectivity index is 1.86. The van der Waals surface area contributed by atoms with Crippen molar-refractivity contribution < 1.29 is 23.8 Å². The van der Waals surface area contributed by atoms with E-state index in [1.165, 1.54) is 12.0 Å². The minimum absolute atomic E-state index is 0.0162. The maximum atomic E-state index is 12.8. The van der Waals surface area contributed by atoms with Crippen LogP contribution in [-0.4, -0.2) is 53.3 Å². The summed E-state index contributed by atoms with van der Waals surface area (Å²) in [4.78, 5) is 32.1. The molecule has 1 aliphatic rings. The summed E-state index contributed by atoms with van der Waals surface area (Å²) in [6.07, 6.45) is 3.21. The van der Waals surface area contributed by atoms with Crippen LogP contribution >= 0.6 is 11.3 Å². The Morgan fingerprint density at radius 1 is 1.27 bits per heavy atom. The van der Waals surface area contributed by atoms with Crippen LogP contribution in [0.15, 0.2) is 41.9 Å². The number of esters is 1. The van der Waals surface area contributed by atoms with Crippen molar-refractivity contribution in [2.45, 2.75) is 64.7 Å². The number of thiophene rings is 1. The molecular formula is C25H32N2O5S. The second-order valence-corrected chi connectivity index (χ2v) is 10.1. The van der Waals surface area contributed by atoms with E-state index < -0.39 is 23.7 Å². The zero-order valence-corrected chi connectivity index (χ0v) is 20.8. The summed E-state index contributed by atoms with van der Waals surface area (Å²) in [5.74, 6) is 0.259. The van der Waals surface area contributed by atoms with Gasteiger partial charge in [-0.1, -0.05) is 13.0 Å². The van der Waals surface area contributed by atoms with Gasteiger partial charge in [-0.25, -0.2) is 9.59 Å². The fourth-order valence-corrected chi connectivity index (χ4v) is 4.59. The number of aryl methyl sites for hydroxylation is 1. The molecule has 178 valence electrons. The van der Waals surface area contributed by atoms with Crippen molar-refractivity contribution in [2.24, 2.45) is 0 Å². The Labute approximate surface area is 199 Å². The molecule has 3 atom stereocenters. The van der Waals surface area contributed by atoms with Crippen LogP contribution in [0.5, 0.6) is 0 Å². The monoisotopic (exact) mass is 472 g/mol. The van der Waals surface area contributed by atoms with Gasteiger partial charge in [-0.3, -0.25) is 9.88 Å². The number of carbonyl (C=O) groups excluding carboxylic acids is 2. The highest BCUT2D eigenvalue weighted by Gasteiger charge is 2.43. The van der Waals surface area contributed by atoms with Crippen molar-refractivity contribution >= 4 is 29.2 Å². The number of pyridine rings is 1. The predicted octanol–water partition coefficient (Wildman–Crippen LogP) is 5.16. The number of ether oxygens (including phenoxy) is 3. The third kappa shape index (κ3) is 6.35. The molecule has 0 aromatic carbocycles. The molecule has 0 saturated carbocycles. The quantitative estimate of drug-likeness (QED) is 0.427. The van der Waals surface area contributed by atoms with Crippen LogP contribution < -0.4 is 0 Å². The smallest absolute Gasteiger partial charge is 0.411 e. The summed E-state index contributed by atoms with van der Waals surface area (Å²) in [6.45, 7) is 9.71. The Morgan fingerprint density at radius 2 is 2.03 bits per heavy atom. The number of allylic oxidation sites excluding steroid dienone is 1. The van der Waals surface area contributed by atoms with Crippen LogP contribution in [0.2, 0.25) is 0 Å². The van der Waals surface area contributed by atoms with Crippen LogP contribution in [0, 0.1) is 6.92 Å². The summed E-state index contributed by atoms with van der Waals surface area (Å²) in [7, 11) is 1.32. The summed E-state index contributed by atoms with van der Waals surface area (Å²) in [6, 6.07) is 7.11. The zero-order valence-electron chi connectivity index (χ0n) is 20.0. The lowest BCUT2D eigenvalue weighted by atomic mass is 10.0. The zero-order chi connectivity index (χ0) is 24.2. The van der Waals surface area contributed by atoms with E-state index >= 15 is 0 Å². The maximum absolute atomic E-state index is 12.8. The molecular weight excluding hydrogens is 440 g/mol. The molecule has 8 heteroatoms. The van der Waals surface area contributed by atoms with Crippen molar-refractivity contribution in [2.75, 3.05) is 13.7 Å². The molecule has 0 bridgehead atoms. The van der Waals surface area contributed by atoms with Crippen LogP contribution in [0.25, 0.3) is 5.76 Å². The molecule has 1 aliphatic heterocycles. The third-order valence-corrected chi connectivity index (χ3v) is 6.33. The Hall–Kier alpha value is -2.87. The Morgan fingerprint density at radius 3 is 2.61 bits per heavy atom. The van der Waals surface area contributed by atoms with Crippen LogP contribution in [-0.2, 0) is 19.0 Å². The summed E-state index contributed by atoms with van der Waals surface area (Å²) < 4.78 is 16.9. The molecule has 1 saturated heterocycles. The third-order valence-electron chi connectivity index (χ3n) is 5.30. The molecule has 7 nitrogen and oxygen atoms in total. The molecule has 2 aromatic rings. The number of hydrogen-bond donors (Lipinski definition) is 0. The van der Waals surface area contributed by atoms with Gasteiger partial charge in [-0.05, 0) is 62.9 Å². The second kappa shape index (κ2) is 10.4. The lowest BCUT2D eigenvalue weighted by Gasteiger charge is -2.27. The first-order valence-electron chi connectivity index (χ1n) is 11.0. The molecule has 2 unspecified atom stereocenters. The number of carbonyl (C=O) groups is 2. The lowest BCUT2D eigenvalue weighted by Crippen LogP contribution is -2.44. The number of likely N-dealkylation sites (tertiary alicyclic amines) is 1. The van der Waals surface area contributed by atoms with E-state index in [4.69, 9.17) is 14.2 Å². The first-order valence-corrected chi connectivity index (χ1v) is 11.9. The number of methoxy groups -OCH3 is 1. The summed E-state index contributed by atoms with van der Waals surface area (Å²) in [5, 5.41) is 2.02. The number of rotatable bonds is 6. The fourth-order valence-electron chi connectivity index (χ4n) is 3.70. The molecule has 1 fully saturated rings. The molecule has 3 heterocycles. The van der Waals surface area contributed by atoms with Crippen molar-refractivity contribution in [1.29, 1.82) is 0 Å². The van der Waals surface area contributed by atoms with E-state index in [-0.39, 0.29) is 18.6 Å². The van der Waals surface area contributed by atoms with E-state index in [1.807, 2.05) is 42.6 Å². The van der Waals surface area contributed by atoms with Gasteiger partial charge in [-0.15, -0.1) is 11.3 Å². The van der Waals surface area contributed by atoms with E-state index in [2.05, 4.69) is 11.9 Å². The number of nitrogens with zero attached hydrogens (tertiary/aromatic N) is 2. The van der Waals surface area contributed by atoms with E-state index in [0.29, 0.717) is 6.42 Å². The molecule has 0 spiro atoms. The van der Waals surface area contributed by atoms with Crippen molar-refractivity contribution in [1.82, 2.24) is 9.88 Å². The Kier molecular flexibility index (Phi) is 7.79. The van der Waals surface area contributed by atoms with E-state index in [0.717, 1.165) is 21.9 Å². The van der Waals surface area contributed by atoms with Gasteiger partial charge in [0.2, 0.25) is 0 Å². The van der Waals surface area contributed by atoms with Gasteiger partial charge in [-0.2, -0.15) is 0 Å². The molecule has 0 radical (unpaired) electrons. The SMILES string of the molecule is COC(=O)C1C[C@@H](O/C(=C/C(C)c2ccccn2)c2sccc2C)CN1C(=O)OC(C)(C)C. The molecule has 3 rings (SSSR count). The molecule has 0 N–H and O–H groups in total. The lowest BCUT2D eigenvalue weighted by molar-refractivity contribution is -0.145. The summed E-state index contributed by atoms with van der Waals surface area (Å²) in [5.41, 5.74) is 1.36. The van der Waals surface area contributed by atoms with Gasteiger partial charge in [0.25, 0.3) is 0 Å². The summed E-state index contributed by atoms with van der Waals surface area (Å²) >= 11 is 1.59. The molecule has 1 amide bonds. The van der Waals surface area contributed by atoms with E-state index in [1.54, 1.807) is 38.3 Å². The van der Waals surface area contributed by atoms with E-state index in [9.17, 15) is 9.59 Å². The average Bonchev–Trinajstić information content (AvgIpc) is 3.38. The predicted molar refractivity (Wildman–Crippen MR) is 128 cm³/mol. The van der Waals surface area contributed by atoms with Crippen LogP contribution in [0.3, 0.4) is 0 Å². The molecule has 0 aliphatic carbocycles. The van der Waals surface area contributed by atoms with Crippen molar-refractivity contribution in [3.05, 3.63) is 58.1 Å². The van der Waals surface area contributed by atoms with Gasteiger partial charge in [0.05, 0.1) is 18.5 Å². The number of amides is 1. The van der Waals surface area contributed by atoms with Crippen molar-refractivity contribution in [3.8, 4) is 0 Å². The number of hydrogen-bond acceptors (Lipinski definition) is 7. The Bertz CT molecular complexity index is 996. The van der Waals surface area contributed by atoms with Gasteiger partial charge in [0, 0.05) is 24.2 Å². The fraction of sp³-hybridized carbons (Fsp3) is 0.480. The maximum Gasteiger partial charge on any atom is 0.411 e. The highest BCUT2D eigenvalue weighted by molar-refractivity contribution is 7.11. The molecule has 2 aromatic heterocycles. The van der Waals surface area contributed by atoms with Crippen LogP contribution in [0.4, 0.5) is 4.79 Å². The highest BCUT2D eigenvalue weighted by atomic mass is 32.1. The van der Waals surface area contributed by atoms with Crippen LogP contribution in [0.1, 0.15) is 56.2 Å². The normalized spacial score (nSPS) is 19.8. The van der Waals surface area contributed by atoms with Gasteiger partial charge >= 0.3 is 12.1 Å². The molecule has 33 heavy (non-hydrogen) atoms. The van der Waals surface area contributed by atoms with Gasteiger partial charge < -0.3 is 14.2 Å². The number of aromatic nitrogens is 1. The first-order chi connectivity index (χ1) is 15.6. The van der Waals surface area contributed by atoms with Gasteiger partial charge in [0.15, 0.2) is 0 Å². The highest BCUT2D eigenvalue weighted by Crippen LogP contribution is 2.33.